The van der Waals surface area contributed by atoms with E-state index in [4.69, 9.17) is 4.74 Å². The standard InChI is InChI=1S/C19H38N2O2/c1-14(20-15(2)18(3,4)5)13-16-11-9-10-12-21(16)17(22)23-19(6,7)8/h14-16,20H,9-13H2,1-8H3. The van der Waals surface area contributed by atoms with E-state index < -0.39 is 5.60 Å². The molecule has 23 heavy (non-hydrogen) atoms. The summed E-state index contributed by atoms with van der Waals surface area (Å²) in [6.45, 7) is 17.8. The fourth-order valence-corrected chi connectivity index (χ4v) is 2.96. The Labute approximate surface area is 143 Å². The number of rotatable bonds is 4. The molecule has 0 aliphatic carbocycles. The van der Waals surface area contributed by atoms with Crippen molar-refractivity contribution in [2.75, 3.05) is 6.54 Å². The largest absolute Gasteiger partial charge is 0.444 e. The zero-order chi connectivity index (χ0) is 17.8. The number of piperidine rings is 1. The normalized spacial score (nSPS) is 22.6. The number of hydrogen-bond acceptors (Lipinski definition) is 3. The number of carbonyl (C=O) groups excluding carboxylic acids is 1. The van der Waals surface area contributed by atoms with E-state index in [-0.39, 0.29) is 17.6 Å². The minimum absolute atomic E-state index is 0.154. The van der Waals surface area contributed by atoms with Crippen molar-refractivity contribution in [1.29, 1.82) is 0 Å². The highest BCUT2D eigenvalue weighted by atomic mass is 16.6. The van der Waals surface area contributed by atoms with Gasteiger partial charge in [0.05, 0.1) is 0 Å². The van der Waals surface area contributed by atoms with Gasteiger partial charge in [0.1, 0.15) is 5.60 Å². The molecule has 0 spiro atoms. The molecule has 1 aliphatic heterocycles. The van der Waals surface area contributed by atoms with Gasteiger partial charge in [-0.2, -0.15) is 0 Å². The molecule has 3 unspecified atom stereocenters. The lowest BCUT2D eigenvalue weighted by atomic mass is 9.87. The van der Waals surface area contributed by atoms with Crippen molar-refractivity contribution in [3.8, 4) is 0 Å². The Hall–Kier alpha value is -0.770. The molecule has 0 radical (unpaired) electrons. The third-order valence-corrected chi connectivity index (χ3v) is 4.71. The lowest BCUT2D eigenvalue weighted by molar-refractivity contribution is 0.00759. The van der Waals surface area contributed by atoms with Crippen LogP contribution in [0.25, 0.3) is 0 Å². The van der Waals surface area contributed by atoms with Crippen molar-refractivity contribution < 1.29 is 9.53 Å². The summed E-state index contributed by atoms with van der Waals surface area (Å²) >= 11 is 0. The molecule has 3 atom stereocenters. The Kier molecular flexibility index (Phi) is 6.94. The molecule has 1 aliphatic rings. The van der Waals surface area contributed by atoms with Gasteiger partial charge >= 0.3 is 6.09 Å². The van der Waals surface area contributed by atoms with Crippen LogP contribution in [0.2, 0.25) is 0 Å². The Morgan fingerprint density at radius 1 is 1.17 bits per heavy atom. The van der Waals surface area contributed by atoms with Crippen LogP contribution in [0.3, 0.4) is 0 Å². The minimum Gasteiger partial charge on any atom is -0.444 e. The summed E-state index contributed by atoms with van der Waals surface area (Å²) in [5, 5.41) is 3.70. The van der Waals surface area contributed by atoms with Gasteiger partial charge < -0.3 is 15.0 Å². The Morgan fingerprint density at radius 2 is 1.78 bits per heavy atom. The molecule has 0 aromatic rings. The van der Waals surface area contributed by atoms with Crippen LogP contribution in [0.5, 0.6) is 0 Å². The maximum Gasteiger partial charge on any atom is 0.410 e. The van der Waals surface area contributed by atoms with Crippen LogP contribution < -0.4 is 5.32 Å². The second-order valence-corrected chi connectivity index (χ2v) is 9.21. The zero-order valence-electron chi connectivity index (χ0n) is 16.5. The first-order valence-electron chi connectivity index (χ1n) is 9.16. The van der Waals surface area contributed by atoms with Crippen molar-refractivity contribution in [1.82, 2.24) is 10.2 Å². The van der Waals surface area contributed by atoms with Gasteiger partial charge in [-0.3, -0.25) is 0 Å². The first-order valence-corrected chi connectivity index (χ1v) is 9.16. The van der Waals surface area contributed by atoms with Crippen LogP contribution in [0.4, 0.5) is 4.79 Å². The number of amides is 1. The Balaban J connectivity index is 2.62. The summed E-state index contributed by atoms with van der Waals surface area (Å²) < 4.78 is 5.59. The molecule has 1 heterocycles. The van der Waals surface area contributed by atoms with E-state index in [9.17, 15) is 4.79 Å². The molecule has 0 aromatic carbocycles. The van der Waals surface area contributed by atoms with E-state index in [1.807, 2.05) is 25.7 Å². The number of likely N-dealkylation sites (tertiary alicyclic amines) is 1. The molecule has 1 amide bonds. The number of hydrogen-bond donors (Lipinski definition) is 1. The highest BCUT2D eigenvalue weighted by Gasteiger charge is 2.32. The van der Waals surface area contributed by atoms with Crippen molar-refractivity contribution in [3.63, 3.8) is 0 Å². The van der Waals surface area contributed by atoms with E-state index >= 15 is 0 Å². The third-order valence-electron chi connectivity index (χ3n) is 4.71. The van der Waals surface area contributed by atoms with Gasteiger partial charge in [0, 0.05) is 24.7 Å². The molecule has 0 bridgehead atoms. The molecule has 136 valence electrons. The molecule has 1 N–H and O–H groups in total. The van der Waals surface area contributed by atoms with Crippen molar-refractivity contribution >= 4 is 6.09 Å². The van der Waals surface area contributed by atoms with E-state index in [0.717, 1.165) is 25.8 Å². The molecule has 0 saturated carbocycles. The SMILES string of the molecule is CC(CC1CCCCN1C(=O)OC(C)(C)C)NC(C)C(C)(C)C. The summed E-state index contributed by atoms with van der Waals surface area (Å²) in [6, 6.07) is 1.11. The lowest BCUT2D eigenvalue weighted by Crippen LogP contribution is -2.50. The first-order chi connectivity index (χ1) is 10.4. The number of ether oxygens (including phenoxy) is 1. The monoisotopic (exact) mass is 326 g/mol. The Bertz CT molecular complexity index is 382. The predicted octanol–water partition coefficient (Wildman–Crippen LogP) is 4.58. The third kappa shape index (κ3) is 7.11. The van der Waals surface area contributed by atoms with Gasteiger partial charge in [-0.25, -0.2) is 4.79 Å². The van der Waals surface area contributed by atoms with Crippen LogP contribution in [-0.4, -0.2) is 41.3 Å². The smallest absolute Gasteiger partial charge is 0.410 e. The van der Waals surface area contributed by atoms with Crippen LogP contribution in [0.15, 0.2) is 0 Å². The Morgan fingerprint density at radius 3 is 2.30 bits per heavy atom. The average molecular weight is 327 g/mol. The quantitative estimate of drug-likeness (QED) is 0.822. The molecule has 4 heteroatoms. The second kappa shape index (κ2) is 7.87. The minimum atomic E-state index is -0.427. The topological polar surface area (TPSA) is 41.6 Å². The summed E-state index contributed by atoms with van der Waals surface area (Å²) in [4.78, 5) is 14.4. The summed E-state index contributed by atoms with van der Waals surface area (Å²) in [7, 11) is 0. The average Bonchev–Trinajstić information content (AvgIpc) is 2.35. The van der Waals surface area contributed by atoms with Gasteiger partial charge in [0.2, 0.25) is 0 Å². The molecular weight excluding hydrogens is 288 g/mol. The number of nitrogens with zero attached hydrogens (tertiary/aromatic N) is 1. The van der Waals surface area contributed by atoms with Gasteiger partial charge in [-0.05, 0) is 65.7 Å². The van der Waals surface area contributed by atoms with Gasteiger partial charge in [-0.1, -0.05) is 20.8 Å². The van der Waals surface area contributed by atoms with E-state index in [1.54, 1.807) is 0 Å². The van der Waals surface area contributed by atoms with Crippen LogP contribution in [0.1, 0.15) is 81.1 Å². The maximum absolute atomic E-state index is 12.5. The van der Waals surface area contributed by atoms with Crippen molar-refractivity contribution in [2.24, 2.45) is 5.41 Å². The molecular formula is C19H38N2O2. The van der Waals surface area contributed by atoms with Gasteiger partial charge in [0.15, 0.2) is 0 Å². The highest BCUT2D eigenvalue weighted by Crippen LogP contribution is 2.25. The number of nitrogens with one attached hydrogen (secondary N) is 1. The number of carbonyl (C=O) groups is 1. The summed E-state index contributed by atoms with van der Waals surface area (Å²) in [6.07, 6.45) is 4.19. The fraction of sp³-hybridized carbons (Fsp3) is 0.947. The zero-order valence-corrected chi connectivity index (χ0v) is 16.5. The van der Waals surface area contributed by atoms with Crippen LogP contribution in [-0.2, 0) is 4.74 Å². The second-order valence-electron chi connectivity index (χ2n) is 9.21. The lowest BCUT2D eigenvalue weighted by Gasteiger charge is -2.39. The predicted molar refractivity (Wildman–Crippen MR) is 96.7 cm³/mol. The van der Waals surface area contributed by atoms with E-state index in [1.165, 1.54) is 6.42 Å². The maximum atomic E-state index is 12.5. The molecule has 1 rings (SSSR count). The molecule has 0 aromatic heterocycles. The van der Waals surface area contributed by atoms with Crippen molar-refractivity contribution in [3.05, 3.63) is 0 Å². The highest BCUT2D eigenvalue weighted by molar-refractivity contribution is 5.68. The van der Waals surface area contributed by atoms with Gasteiger partial charge in [0.25, 0.3) is 0 Å². The molecule has 4 nitrogen and oxygen atoms in total. The van der Waals surface area contributed by atoms with Gasteiger partial charge in [-0.15, -0.1) is 0 Å². The summed E-state index contributed by atoms with van der Waals surface area (Å²) in [5.74, 6) is 0. The van der Waals surface area contributed by atoms with Crippen LogP contribution >= 0.6 is 0 Å². The fourth-order valence-electron chi connectivity index (χ4n) is 2.96. The van der Waals surface area contributed by atoms with Crippen molar-refractivity contribution in [2.45, 2.75) is 105 Å². The van der Waals surface area contributed by atoms with E-state index in [2.05, 4.69) is 39.9 Å². The van der Waals surface area contributed by atoms with E-state index in [0.29, 0.717) is 12.1 Å². The summed E-state index contributed by atoms with van der Waals surface area (Å²) in [5.41, 5.74) is -0.185. The molecule has 1 fully saturated rings. The molecule has 1 saturated heterocycles. The van der Waals surface area contributed by atoms with Crippen LogP contribution in [0, 0.1) is 5.41 Å². The first kappa shape index (κ1) is 20.3.